The minimum atomic E-state index is 0.882. The van der Waals surface area contributed by atoms with Crippen LogP contribution in [0.5, 0.6) is 0 Å². The van der Waals surface area contributed by atoms with Gasteiger partial charge >= 0.3 is 0 Å². The smallest absolute Gasteiger partial charge is 0.143 e. The number of benzene rings is 14. The lowest BCUT2D eigenvalue weighted by Gasteiger charge is -2.33. The molecular weight excluding hydrogens is 1020 g/mol. The summed E-state index contributed by atoms with van der Waals surface area (Å²) in [4.78, 5) is 7.17. The van der Waals surface area contributed by atoms with Gasteiger partial charge in [-0.15, -0.1) is 0 Å². The fourth-order valence-corrected chi connectivity index (χ4v) is 12.2. The van der Waals surface area contributed by atoms with Gasteiger partial charge in [-0.1, -0.05) is 237 Å². The van der Waals surface area contributed by atoms with Crippen molar-refractivity contribution in [2.75, 3.05) is 14.7 Å². The highest BCUT2D eigenvalue weighted by atomic mass is 16.3. The number of hydrogen-bond donors (Lipinski definition) is 0. The topological polar surface area (TPSA) is 22.9 Å². The second-order valence-corrected chi connectivity index (χ2v) is 21.3. The van der Waals surface area contributed by atoms with E-state index < -0.39 is 0 Å². The van der Waals surface area contributed by atoms with Crippen LogP contribution in [0.25, 0.3) is 88.0 Å². The lowest BCUT2D eigenvalue weighted by molar-refractivity contribution is 0.670. The molecule has 0 aliphatic carbocycles. The fraction of sp³-hybridized carbons (Fsp3) is 0. The van der Waals surface area contributed by atoms with Gasteiger partial charge in [0.05, 0.1) is 17.1 Å². The molecule has 0 unspecified atom stereocenters. The number of nitrogens with zero attached hydrogens (tertiary/aromatic N) is 3. The zero-order chi connectivity index (χ0) is 55.8. The lowest BCUT2D eigenvalue weighted by atomic mass is 9.98. The number of rotatable bonds is 13. The summed E-state index contributed by atoms with van der Waals surface area (Å²) in [5.74, 6) is 0. The van der Waals surface area contributed by atoms with E-state index in [1.807, 2.05) is 12.1 Å². The molecule has 0 fully saturated rings. The van der Waals surface area contributed by atoms with E-state index in [4.69, 9.17) is 4.42 Å². The van der Waals surface area contributed by atoms with Gasteiger partial charge in [0, 0.05) is 50.5 Å². The van der Waals surface area contributed by atoms with Crippen LogP contribution in [0, 0.1) is 0 Å². The molecule has 0 spiro atoms. The van der Waals surface area contributed by atoms with Gasteiger partial charge in [0.2, 0.25) is 0 Å². The highest BCUT2D eigenvalue weighted by Gasteiger charge is 2.24. The van der Waals surface area contributed by atoms with Gasteiger partial charge in [0.1, 0.15) is 11.2 Å². The molecule has 84 heavy (non-hydrogen) atoms. The summed E-state index contributed by atoms with van der Waals surface area (Å²) in [6, 6.07) is 120. The highest BCUT2D eigenvalue weighted by Crippen LogP contribution is 2.48. The Hall–Kier alpha value is -11.2. The Labute approximate surface area is 489 Å². The Morgan fingerprint density at radius 3 is 0.964 bits per heavy atom. The van der Waals surface area contributed by atoms with Crippen molar-refractivity contribution in [3.8, 4) is 44.5 Å². The van der Waals surface area contributed by atoms with Crippen LogP contribution >= 0.6 is 0 Å². The molecule has 0 aliphatic rings. The van der Waals surface area contributed by atoms with Gasteiger partial charge < -0.3 is 19.1 Å². The number of para-hydroxylation sites is 4. The second kappa shape index (κ2) is 21.7. The quantitative estimate of drug-likeness (QED) is 0.115. The predicted molar refractivity (Wildman–Crippen MR) is 355 cm³/mol. The summed E-state index contributed by atoms with van der Waals surface area (Å²) in [5.41, 5.74) is 20.0. The van der Waals surface area contributed by atoms with Crippen LogP contribution in [0.1, 0.15) is 0 Å². The summed E-state index contributed by atoms with van der Waals surface area (Å²) in [7, 11) is 0. The van der Waals surface area contributed by atoms with Gasteiger partial charge in [-0.2, -0.15) is 0 Å². The van der Waals surface area contributed by atoms with E-state index in [2.05, 4.69) is 336 Å². The van der Waals surface area contributed by atoms with Gasteiger partial charge in [-0.3, -0.25) is 0 Å². The van der Waals surface area contributed by atoms with Crippen LogP contribution in [-0.4, -0.2) is 0 Å². The van der Waals surface area contributed by atoms with Crippen molar-refractivity contribution in [3.05, 3.63) is 334 Å². The zero-order valence-electron chi connectivity index (χ0n) is 46.0. The third-order valence-electron chi connectivity index (χ3n) is 16.2. The molecule has 0 amide bonds. The molecule has 0 bridgehead atoms. The van der Waals surface area contributed by atoms with Crippen molar-refractivity contribution in [2.24, 2.45) is 0 Å². The van der Waals surface area contributed by atoms with E-state index in [0.717, 1.165) is 101 Å². The highest BCUT2D eigenvalue weighted by molar-refractivity contribution is 6.10. The molecule has 0 aliphatic heterocycles. The zero-order valence-corrected chi connectivity index (χ0v) is 46.0. The third-order valence-corrected chi connectivity index (χ3v) is 16.2. The third kappa shape index (κ3) is 9.38. The van der Waals surface area contributed by atoms with Crippen molar-refractivity contribution in [2.45, 2.75) is 0 Å². The van der Waals surface area contributed by atoms with Crippen molar-refractivity contribution in [3.63, 3.8) is 0 Å². The SMILES string of the molecule is c1ccc(-c2ccc(N(c3ccc(-c4cccc5c4oc4ccccc45)cc3)c3cc(N(c4ccccc4)c4ccc(-c5cccc6ccccc56)cc4)cc(N(c4ccccc4)c4ccc(-c5cccc6ccccc56)cc4)c3)cc2)cc1. The number of anilines is 9. The van der Waals surface area contributed by atoms with E-state index in [1.54, 1.807) is 0 Å². The van der Waals surface area contributed by atoms with Crippen molar-refractivity contribution in [1.29, 1.82) is 0 Å². The minimum absolute atomic E-state index is 0.882. The Balaban J connectivity index is 0.938. The van der Waals surface area contributed by atoms with Crippen LogP contribution < -0.4 is 14.7 Å². The predicted octanol–water partition coefficient (Wildman–Crippen LogP) is 23.0. The normalized spacial score (nSPS) is 11.3. The van der Waals surface area contributed by atoms with Crippen LogP contribution in [0.2, 0.25) is 0 Å². The van der Waals surface area contributed by atoms with Gasteiger partial charge in [-0.25, -0.2) is 0 Å². The number of furan rings is 1. The Morgan fingerprint density at radius 1 is 0.190 bits per heavy atom. The van der Waals surface area contributed by atoms with Gasteiger partial charge in [-0.05, 0) is 158 Å². The van der Waals surface area contributed by atoms with Crippen LogP contribution in [0.3, 0.4) is 0 Å². The van der Waals surface area contributed by atoms with Gasteiger partial charge in [0.25, 0.3) is 0 Å². The average molecular weight is 1070 g/mol. The largest absolute Gasteiger partial charge is 0.455 e. The first-order valence-electron chi connectivity index (χ1n) is 28.6. The minimum Gasteiger partial charge on any atom is -0.455 e. The monoisotopic (exact) mass is 1070 g/mol. The molecule has 396 valence electrons. The first-order valence-corrected chi connectivity index (χ1v) is 28.6. The number of fused-ring (bicyclic) bond motifs is 5. The molecule has 0 saturated heterocycles. The summed E-state index contributed by atoms with van der Waals surface area (Å²) in [6.45, 7) is 0. The lowest BCUT2D eigenvalue weighted by Crippen LogP contribution is -2.16. The molecule has 0 atom stereocenters. The first-order chi connectivity index (χ1) is 41.6. The van der Waals surface area contributed by atoms with Crippen LogP contribution in [-0.2, 0) is 0 Å². The fourth-order valence-electron chi connectivity index (χ4n) is 12.2. The van der Waals surface area contributed by atoms with Crippen LogP contribution in [0.15, 0.2) is 338 Å². The Bertz CT molecular complexity index is 4610. The molecule has 0 saturated carbocycles. The maximum atomic E-state index is 6.59. The van der Waals surface area contributed by atoms with E-state index >= 15 is 0 Å². The molecule has 4 heteroatoms. The molecule has 15 aromatic rings. The van der Waals surface area contributed by atoms with Crippen LogP contribution in [0.4, 0.5) is 51.2 Å². The van der Waals surface area contributed by atoms with Gasteiger partial charge in [0.15, 0.2) is 0 Å². The summed E-state index contributed by atoms with van der Waals surface area (Å²) >= 11 is 0. The maximum Gasteiger partial charge on any atom is 0.143 e. The maximum absolute atomic E-state index is 6.59. The van der Waals surface area contributed by atoms with Crippen molar-refractivity contribution in [1.82, 2.24) is 0 Å². The molecule has 14 aromatic carbocycles. The van der Waals surface area contributed by atoms with Crippen molar-refractivity contribution >= 4 is 94.7 Å². The molecule has 1 heterocycles. The second-order valence-electron chi connectivity index (χ2n) is 21.3. The molecule has 1 aromatic heterocycles. The molecule has 0 N–H and O–H groups in total. The van der Waals surface area contributed by atoms with E-state index in [-0.39, 0.29) is 0 Å². The summed E-state index contributed by atoms with van der Waals surface area (Å²) in [5, 5.41) is 7.12. The Morgan fingerprint density at radius 2 is 0.500 bits per heavy atom. The first kappa shape index (κ1) is 49.8. The standard InChI is InChI=1S/C80H55N3O/c1-4-19-56(20-5-1)57-37-45-65(46-38-57)83(68-51-43-62(44-52-68)76-34-18-35-78-77-31-14-15-36-79(77)84-80(76)78)71-54-69(81(63-25-6-2-7-26-63)66-47-39-60(40-48-66)74-32-16-23-58-21-10-12-29-72(58)74)53-70(55-71)82(64-27-8-3-9-28-64)67-49-41-61(42-50-67)75-33-17-24-59-22-11-13-30-73(59)75/h1-55H. The van der Waals surface area contributed by atoms with E-state index in [0.29, 0.717) is 0 Å². The van der Waals surface area contributed by atoms with E-state index in [9.17, 15) is 0 Å². The summed E-state index contributed by atoms with van der Waals surface area (Å²) in [6.07, 6.45) is 0. The Kier molecular flexibility index (Phi) is 12.9. The molecule has 4 nitrogen and oxygen atoms in total. The molecule has 0 radical (unpaired) electrons. The molecular formula is C80H55N3O. The molecule has 15 rings (SSSR count). The number of hydrogen-bond acceptors (Lipinski definition) is 4. The summed E-state index contributed by atoms with van der Waals surface area (Å²) < 4.78 is 6.59. The van der Waals surface area contributed by atoms with E-state index in [1.165, 1.54) is 38.2 Å². The van der Waals surface area contributed by atoms with Crippen molar-refractivity contribution < 1.29 is 4.42 Å². The average Bonchev–Trinajstić information content (AvgIpc) is 3.44.